The summed E-state index contributed by atoms with van der Waals surface area (Å²) in [7, 11) is 0. The molecule has 0 spiro atoms. The Morgan fingerprint density at radius 3 is 2.59 bits per heavy atom. The van der Waals surface area contributed by atoms with E-state index < -0.39 is 0 Å². The molecule has 1 aliphatic carbocycles. The standard InChI is InChI=1S/C14H21O2.Li/c1-12(11-13-5-2-3-6-13)7-8-14-15-9-4-10-16-14;/h2-3,5-6,12,14H,4,7-11H2,1H3;. The van der Waals surface area contributed by atoms with Gasteiger partial charge in [-0.05, 0) is 0 Å². The number of ether oxygens (including phenoxy) is 2. The minimum absolute atomic E-state index is 0.0497. The zero-order valence-corrected chi connectivity index (χ0v) is 11.0. The number of hydrogen-bond acceptors (Lipinski definition) is 2. The second-order valence-electron chi connectivity index (χ2n) is 5.64. The van der Waals surface area contributed by atoms with Crippen molar-refractivity contribution in [2.24, 2.45) is 5.92 Å². The summed E-state index contributed by atoms with van der Waals surface area (Å²) in [4.78, 5) is 0. The topological polar surface area (TPSA) is 18.5 Å². The average Bonchev–Trinajstić information content (AvgIpc) is 2.74. The maximum absolute atomic E-state index is 5.57. The fourth-order valence-corrected chi connectivity index (χ4v) is 2.72. The zero-order chi connectivity index (χ0) is 12.1. The molecular formula is C14H21LiO2. The van der Waals surface area contributed by atoms with Crippen LogP contribution in [0.25, 0.3) is 0 Å². The SMILES string of the molecule is [Li][C]1(CC(C)CCC2OCCCO2)C=CC=C1. The van der Waals surface area contributed by atoms with Crippen molar-refractivity contribution in [3.63, 3.8) is 0 Å². The molecule has 1 aliphatic heterocycles. The van der Waals surface area contributed by atoms with Crippen LogP contribution in [0.4, 0.5) is 0 Å². The van der Waals surface area contributed by atoms with Crippen LogP contribution < -0.4 is 0 Å². The van der Waals surface area contributed by atoms with Gasteiger partial charge in [-0.3, -0.25) is 0 Å². The first kappa shape index (κ1) is 13.4. The summed E-state index contributed by atoms with van der Waals surface area (Å²) in [5.41, 5.74) is 0. The van der Waals surface area contributed by atoms with Gasteiger partial charge in [0.25, 0.3) is 0 Å². The molecule has 0 saturated carbocycles. The first-order chi connectivity index (χ1) is 8.18. The van der Waals surface area contributed by atoms with Crippen LogP contribution in [0.1, 0.15) is 32.6 Å². The Morgan fingerprint density at radius 2 is 1.94 bits per heavy atom. The van der Waals surface area contributed by atoms with Gasteiger partial charge in [0.1, 0.15) is 0 Å². The molecule has 0 aromatic carbocycles. The quantitative estimate of drug-likeness (QED) is 0.673. The van der Waals surface area contributed by atoms with Crippen molar-refractivity contribution < 1.29 is 9.47 Å². The Labute approximate surface area is 114 Å². The molecule has 0 radical (unpaired) electrons. The first-order valence-corrected chi connectivity index (χ1v) is 6.78. The van der Waals surface area contributed by atoms with E-state index in [0.717, 1.165) is 26.1 Å². The van der Waals surface area contributed by atoms with Gasteiger partial charge in [-0.2, -0.15) is 0 Å². The molecule has 1 heterocycles. The molecule has 17 heavy (non-hydrogen) atoms. The summed E-state index contributed by atoms with van der Waals surface area (Å²) in [6.45, 7) is 4.05. The van der Waals surface area contributed by atoms with E-state index in [4.69, 9.17) is 9.47 Å². The molecule has 1 fully saturated rings. The van der Waals surface area contributed by atoms with E-state index in [9.17, 15) is 0 Å². The summed E-state index contributed by atoms with van der Waals surface area (Å²) >= 11 is 2.30. The van der Waals surface area contributed by atoms with E-state index in [1.54, 1.807) is 0 Å². The Hall–Kier alpha value is -0.00260. The maximum atomic E-state index is 5.57. The molecule has 1 saturated heterocycles. The molecule has 2 aliphatic rings. The molecule has 3 heteroatoms. The molecule has 90 valence electrons. The number of rotatable bonds is 5. The molecule has 2 rings (SSSR count). The third-order valence-electron chi connectivity index (χ3n) is 3.64. The summed E-state index contributed by atoms with van der Waals surface area (Å²) in [5, 5.41) is 0. The van der Waals surface area contributed by atoms with Gasteiger partial charge < -0.3 is 0 Å². The monoisotopic (exact) mass is 228 g/mol. The van der Waals surface area contributed by atoms with E-state index in [2.05, 4.69) is 48.9 Å². The Balaban J connectivity index is 1.68. The van der Waals surface area contributed by atoms with Gasteiger partial charge in [-0.15, -0.1) is 0 Å². The van der Waals surface area contributed by atoms with Gasteiger partial charge in [0, 0.05) is 0 Å². The minimum atomic E-state index is 0.0497. The van der Waals surface area contributed by atoms with Gasteiger partial charge in [-0.25, -0.2) is 0 Å². The Bertz CT molecular complexity index is 281. The summed E-state index contributed by atoms with van der Waals surface area (Å²) in [5.74, 6) is 0.710. The Morgan fingerprint density at radius 1 is 1.29 bits per heavy atom. The fraction of sp³-hybridized carbons (Fsp3) is 0.714. The van der Waals surface area contributed by atoms with Gasteiger partial charge >= 0.3 is 114 Å². The summed E-state index contributed by atoms with van der Waals surface area (Å²) in [6, 6.07) is 0. The molecule has 0 aromatic rings. The van der Waals surface area contributed by atoms with E-state index in [0.29, 0.717) is 5.92 Å². The van der Waals surface area contributed by atoms with Crippen molar-refractivity contribution in [1.82, 2.24) is 0 Å². The molecule has 2 nitrogen and oxygen atoms in total. The zero-order valence-electron chi connectivity index (χ0n) is 11.0. The van der Waals surface area contributed by atoms with E-state index >= 15 is 0 Å². The van der Waals surface area contributed by atoms with E-state index in [1.807, 2.05) is 0 Å². The van der Waals surface area contributed by atoms with Crippen LogP contribution in [0.2, 0.25) is 4.09 Å². The molecule has 1 atom stereocenters. The van der Waals surface area contributed by atoms with Crippen molar-refractivity contribution in [3.8, 4) is 0 Å². The molecular weight excluding hydrogens is 207 g/mol. The van der Waals surface area contributed by atoms with Gasteiger partial charge in [-0.1, -0.05) is 0 Å². The molecule has 0 aromatic heterocycles. The van der Waals surface area contributed by atoms with Crippen molar-refractivity contribution >= 4 is 17.7 Å². The van der Waals surface area contributed by atoms with Crippen molar-refractivity contribution in [1.29, 1.82) is 0 Å². The average molecular weight is 228 g/mol. The van der Waals surface area contributed by atoms with Crippen LogP contribution in [0.3, 0.4) is 0 Å². The first-order valence-electron chi connectivity index (χ1n) is 6.78. The number of allylic oxidation sites excluding steroid dienone is 4. The van der Waals surface area contributed by atoms with Crippen molar-refractivity contribution in [3.05, 3.63) is 24.3 Å². The van der Waals surface area contributed by atoms with Crippen molar-refractivity contribution in [2.45, 2.75) is 43.0 Å². The summed E-state index contributed by atoms with van der Waals surface area (Å²) < 4.78 is 11.4. The third-order valence-corrected chi connectivity index (χ3v) is 3.64. The Kier molecular flexibility index (Phi) is 4.94. The molecule has 0 amide bonds. The van der Waals surface area contributed by atoms with E-state index in [1.165, 1.54) is 12.8 Å². The number of hydrogen-bond donors (Lipinski definition) is 0. The van der Waals surface area contributed by atoms with Crippen LogP contribution in [0.5, 0.6) is 0 Å². The summed E-state index contributed by atoms with van der Waals surface area (Å²) in [6.07, 6.45) is 13.4. The second-order valence-corrected chi connectivity index (χ2v) is 5.64. The predicted molar refractivity (Wildman–Crippen MR) is 70.1 cm³/mol. The molecule has 0 bridgehead atoms. The van der Waals surface area contributed by atoms with Gasteiger partial charge in [0.15, 0.2) is 0 Å². The van der Waals surface area contributed by atoms with Crippen LogP contribution in [-0.4, -0.2) is 37.2 Å². The van der Waals surface area contributed by atoms with Crippen LogP contribution in [0.15, 0.2) is 24.3 Å². The molecule has 1 unspecified atom stereocenters. The molecule has 0 N–H and O–H groups in total. The normalized spacial score (nSPS) is 25.4. The van der Waals surface area contributed by atoms with E-state index in [-0.39, 0.29) is 10.4 Å². The predicted octanol–water partition coefficient (Wildman–Crippen LogP) is 3.01. The van der Waals surface area contributed by atoms with Crippen LogP contribution in [-0.2, 0) is 9.47 Å². The fourth-order valence-electron chi connectivity index (χ4n) is 2.72. The van der Waals surface area contributed by atoms with Gasteiger partial charge in [0.2, 0.25) is 0 Å². The second kappa shape index (κ2) is 6.25. The third kappa shape index (κ3) is 4.30. The van der Waals surface area contributed by atoms with Gasteiger partial charge in [0.05, 0.1) is 0 Å². The van der Waals surface area contributed by atoms with Crippen LogP contribution >= 0.6 is 0 Å². The van der Waals surface area contributed by atoms with Crippen LogP contribution in [0, 0.1) is 5.92 Å². The van der Waals surface area contributed by atoms with Crippen molar-refractivity contribution in [2.75, 3.05) is 13.2 Å².